The first kappa shape index (κ1) is 22.7. The van der Waals surface area contributed by atoms with Crippen LogP contribution in [0.4, 0.5) is 18.9 Å². The smallest absolute Gasteiger partial charge is 0.368 e. The zero-order valence-electron chi connectivity index (χ0n) is 18.2. The summed E-state index contributed by atoms with van der Waals surface area (Å²) < 4.78 is 39.1. The Morgan fingerprint density at radius 2 is 1.79 bits per heavy atom. The van der Waals surface area contributed by atoms with E-state index in [4.69, 9.17) is 0 Å². The minimum absolute atomic E-state index is 0.195. The molecule has 33 heavy (non-hydrogen) atoms. The maximum atomic E-state index is 13.3. The van der Waals surface area contributed by atoms with E-state index in [0.29, 0.717) is 38.3 Å². The van der Waals surface area contributed by atoms with Crippen LogP contribution in [-0.2, 0) is 22.2 Å². The van der Waals surface area contributed by atoms with Crippen molar-refractivity contribution in [1.82, 2.24) is 15.2 Å². The molecule has 1 fully saturated rings. The number of carbonyl (C=O) groups is 2. The molecule has 6 nitrogen and oxygen atoms in total. The van der Waals surface area contributed by atoms with E-state index in [1.807, 2.05) is 35.4 Å². The number of nitrogens with zero attached hydrogens (tertiary/aromatic N) is 2. The van der Waals surface area contributed by atoms with Crippen molar-refractivity contribution < 1.29 is 22.8 Å². The number of hydrogen-bond acceptors (Lipinski definition) is 3. The number of aromatic amines is 1. The van der Waals surface area contributed by atoms with Gasteiger partial charge in [-0.25, -0.2) is 0 Å². The molecule has 0 saturated carbocycles. The number of anilines is 1. The fourth-order valence-electron chi connectivity index (χ4n) is 4.25. The lowest BCUT2D eigenvalue weighted by Gasteiger charge is -2.37. The van der Waals surface area contributed by atoms with Gasteiger partial charge in [0.2, 0.25) is 11.8 Å². The number of halogens is 3. The number of para-hydroxylation sites is 1. The van der Waals surface area contributed by atoms with Gasteiger partial charge in [0.05, 0.1) is 5.56 Å². The third kappa shape index (κ3) is 5.13. The second-order valence-electron chi connectivity index (χ2n) is 8.18. The summed E-state index contributed by atoms with van der Waals surface area (Å²) in [5.41, 5.74) is 1.67. The summed E-state index contributed by atoms with van der Waals surface area (Å²) in [7, 11) is 0. The lowest BCUT2D eigenvalue weighted by molar-refractivity contribution is -0.137. The predicted octanol–water partition coefficient (Wildman–Crippen LogP) is 3.58. The number of aromatic nitrogens is 1. The van der Waals surface area contributed by atoms with Crippen LogP contribution in [0.2, 0.25) is 0 Å². The quantitative estimate of drug-likeness (QED) is 0.614. The highest BCUT2D eigenvalue weighted by molar-refractivity contribution is 5.89. The van der Waals surface area contributed by atoms with Crippen molar-refractivity contribution in [3.8, 4) is 0 Å². The number of fused-ring (bicyclic) bond motifs is 1. The SMILES string of the molecule is CC(=O)N[C@@H](Cc1c[nH]c2ccccc12)C(=O)N1CCN(c2cccc(C(F)(F)F)c2)CC1. The van der Waals surface area contributed by atoms with Crippen molar-refractivity contribution in [2.75, 3.05) is 31.1 Å². The van der Waals surface area contributed by atoms with Crippen LogP contribution in [0.3, 0.4) is 0 Å². The molecule has 2 amide bonds. The van der Waals surface area contributed by atoms with Crippen LogP contribution in [0.25, 0.3) is 10.9 Å². The molecule has 2 aromatic carbocycles. The van der Waals surface area contributed by atoms with Crippen LogP contribution in [0.15, 0.2) is 54.7 Å². The van der Waals surface area contributed by atoms with Gasteiger partial charge >= 0.3 is 6.18 Å². The highest BCUT2D eigenvalue weighted by Gasteiger charge is 2.32. The topological polar surface area (TPSA) is 68.4 Å². The Bertz CT molecular complexity index is 1150. The Morgan fingerprint density at radius 1 is 1.06 bits per heavy atom. The van der Waals surface area contributed by atoms with Gasteiger partial charge in [-0.3, -0.25) is 9.59 Å². The monoisotopic (exact) mass is 458 g/mol. The standard InChI is InChI=1S/C24H25F3N4O2/c1-16(32)29-22(13-17-15-28-21-8-3-2-7-20(17)21)23(33)31-11-9-30(10-12-31)19-6-4-5-18(14-19)24(25,26)27/h2-8,14-15,22,28H,9-13H2,1H3,(H,29,32)/t22-/m0/s1. The van der Waals surface area contributed by atoms with E-state index in [9.17, 15) is 22.8 Å². The molecule has 2 N–H and O–H groups in total. The van der Waals surface area contributed by atoms with Crippen LogP contribution in [-0.4, -0.2) is 53.9 Å². The molecule has 4 rings (SSSR count). The molecule has 1 aromatic heterocycles. The lowest BCUT2D eigenvalue weighted by atomic mass is 10.0. The summed E-state index contributed by atoms with van der Waals surface area (Å²) in [4.78, 5) is 31.7. The van der Waals surface area contributed by atoms with E-state index in [-0.39, 0.29) is 11.8 Å². The average Bonchev–Trinajstić information content (AvgIpc) is 3.20. The molecule has 0 radical (unpaired) electrons. The molecule has 3 aromatic rings. The zero-order valence-corrected chi connectivity index (χ0v) is 18.2. The number of benzene rings is 2. The molecular weight excluding hydrogens is 433 g/mol. The fraction of sp³-hybridized carbons (Fsp3) is 0.333. The van der Waals surface area contributed by atoms with Gasteiger partial charge in [-0.05, 0) is 29.8 Å². The minimum atomic E-state index is -4.40. The third-order valence-corrected chi connectivity index (χ3v) is 5.90. The minimum Gasteiger partial charge on any atom is -0.368 e. The van der Waals surface area contributed by atoms with Crippen LogP contribution in [0, 0.1) is 0 Å². The largest absolute Gasteiger partial charge is 0.416 e. The van der Waals surface area contributed by atoms with Crippen molar-refractivity contribution in [2.45, 2.75) is 25.6 Å². The van der Waals surface area contributed by atoms with Gasteiger partial charge in [-0.1, -0.05) is 24.3 Å². The van der Waals surface area contributed by atoms with Crippen molar-refractivity contribution >= 4 is 28.4 Å². The molecule has 0 spiro atoms. The first-order valence-electron chi connectivity index (χ1n) is 10.8. The summed E-state index contributed by atoms with van der Waals surface area (Å²) in [5, 5.41) is 3.76. The lowest BCUT2D eigenvalue weighted by Crippen LogP contribution is -2.55. The number of rotatable bonds is 5. The van der Waals surface area contributed by atoms with Crippen molar-refractivity contribution in [3.63, 3.8) is 0 Å². The molecular formula is C24H25F3N4O2. The first-order valence-corrected chi connectivity index (χ1v) is 10.8. The predicted molar refractivity (Wildman–Crippen MR) is 120 cm³/mol. The Morgan fingerprint density at radius 3 is 2.48 bits per heavy atom. The van der Waals surface area contributed by atoms with Gasteiger partial charge in [0.15, 0.2) is 0 Å². The first-order chi connectivity index (χ1) is 15.7. The van der Waals surface area contributed by atoms with E-state index >= 15 is 0 Å². The molecule has 0 aliphatic carbocycles. The van der Waals surface area contributed by atoms with E-state index < -0.39 is 17.8 Å². The van der Waals surface area contributed by atoms with Crippen molar-refractivity contribution in [1.29, 1.82) is 0 Å². The highest BCUT2D eigenvalue weighted by Crippen LogP contribution is 2.32. The highest BCUT2D eigenvalue weighted by atomic mass is 19.4. The van der Waals surface area contributed by atoms with Gasteiger partial charge in [0.1, 0.15) is 6.04 Å². The Labute approximate surface area is 189 Å². The summed E-state index contributed by atoms with van der Waals surface area (Å²) in [6.07, 6.45) is -2.21. The molecule has 2 heterocycles. The second kappa shape index (κ2) is 9.17. The molecule has 0 unspecified atom stereocenters. The third-order valence-electron chi connectivity index (χ3n) is 5.90. The fourth-order valence-corrected chi connectivity index (χ4v) is 4.25. The number of hydrogen-bond donors (Lipinski definition) is 2. The Balaban J connectivity index is 1.45. The van der Waals surface area contributed by atoms with Gasteiger partial charge in [0, 0.05) is 62.3 Å². The molecule has 1 aliphatic rings. The molecule has 1 saturated heterocycles. The summed E-state index contributed by atoms with van der Waals surface area (Å²) >= 11 is 0. The molecule has 0 bridgehead atoms. The van der Waals surface area contributed by atoms with E-state index in [0.717, 1.165) is 28.6 Å². The number of H-pyrrole nitrogens is 1. The molecule has 1 atom stereocenters. The summed E-state index contributed by atoms with van der Waals surface area (Å²) in [6.45, 7) is 2.92. The maximum absolute atomic E-state index is 13.3. The van der Waals surface area contributed by atoms with Crippen LogP contribution < -0.4 is 10.2 Å². The Kier molecular flexibility index (Phi) is 6.31. The van der Waals surface area contributed by atoms with Gasteiger partial charge in [0.25, 0.3) is 0 Å². The normalized spacial score (nSPS) is 15.5. The average molecular weight is 458 g/mol. The van der Waals surface area contributed by atoms with Crippen LogP contribution >= 0.6 is 0 Å². The molecule has 174 valence electrons. The number of alkyl halides is 3. The van der Waals surface area contributed by atoms with E-state index in [1.165, 1.54) is 13.0 Å². The second-order valence-corrected chi connectivity index (χ2v) is 8.18. The molecule has 1 aliphatic heterocycles. The van der Waals surface area contributed by atoms with Crippen molar-refractivity contribution in [2.24, 2.45) is 0 Å². The van der Waals surface area contributed by atoms with E-state index in [2.05, 4.69) is 10.3 Å². The number of piperazine rings is 1. The van der Waals surface area contributed by atoms with Gasteiger partial charge in [-0.2, -0.15) is 13.2 Å². The molecule has 9 heteroatoms. The van der Waals surface area contributed by atoms with Crippen molar-refractivity contribution in [3.05, 3.63) is 65.9 Å². The zero-order chi connectivity index (χ0) is 23.6. The maximum Gasteiger partial charge on any atom is 0.416 e. The summed E-state index contributed by atoms with van der Waals surface area (Å²) in [5.74, 6) is -0.491. The number of nitrogens with one attached hydrogen (secondary N) is 2. The van der Waals surface area contributed by atoms with E-state index in [1.54, 1.807) is 11.0 Å². The summed E-state index contributed by atoms with van der Waals surface area (Å²) in [6, 6.07) is 12.2. The number of amides is 2. The van der Waals surface area contributed by atoms with Crippen LogP contribution in [0.5, 0.6) is 0 Å². The van der Waals surface area contributed by atoms with Crippen LogP contribution in [0.1, 0.15) is 18.1 Å². The van der Waals surface area contributed by atoms with Gasteiger partial charge in [-0.15, -0.1) is 0 Å². The number of carbonyl (C=O) groups excluding carboxylic acids is 2. The van der Waals surface area contributed by atoms with Gasteiger partial charge < -0.3 is 20.1 Å². The Hall–Kier alpha value is -3.49.